The summed E-state index contributed by atoms with van der Waals surface area (Å²) in [5, 5.41) is 11.6. The van der Waals surface area contributed by atoms with Crippen LogP contribution in [0.2, 0.25) is 0 Å². The predicted molar refractivity (Wildman–Crippen MR) is 78.6 cm³/mol. The highest BCUT2D eigenvalue weighted by atomic mass is 16.4. The van der Waals surface area contributed by atoms with Gasteiger partial charge in [-0.15, -0.1) is 0 Å². The first kappa shape index (κ1) is 16.2. The molecule has 0 aliphatic carbocycles. The highest BCUT2D eigenvalue weighted by Crippen LogP contribution is 2.07. The molecule has 20 heavy (non-hydrogen) atoms. The second-order valence-corrected chi connectivity index (χ2v) is 4.92. The lowest BCUT2D eigenvalue weighted by Crippen LogP contribution is -2.32. The van der Waals surface area contributed by atoms with Crippen LogP contribution in [0.5, 0.6) is 0 Å². The standard InChI is InChI=1S/C16H23NO3/c1-3-12-5-7-13(8-6-12)9-10-15(18)17-11-14(4-2)16(19)20/h5-8,14H,3-4,9-11H2,1-2H3,(H,17,18)(H,19,20). The van der Waals surface area contributed by atoms with Crippen LogP contribution in [-0.2, 0) is 22.4 Å². The van der Waals surface area contributed by atoms with Crippen molar-refractivity contribution < 1.29 is 14.7 Å². The van der Waals surface area contributed by atoms with Crippen molar-refractivity contribution in [3.8, 4) is 0 Å². The Morgan fingerprint density at radius 2 is 1.75 bits per heavy atom. The van der Waals surface area contributed by atoms with E-state index < -0.39 is 11.9 Å². The topological polar surface area (TPSA) is 66.4 Å². The number of hydrogen-bond acceptors (Lipinski definition) is 2. The van der Waals surface area contributed by atoms with Gasteiger partial charge in [0.2, 0.25) is 5.91 Å². The Morgan fingerprint density at radius 3 is 2.25 bits per heavy atom. The quantitative estimate of drug-likeness (QED) is 0.767. The van der Waals surface area contributed by atoms with E-state index in [-0.39, 0.29) is 12.5 Å². The molecule has 2 N–H and O–H groups in total. The number of aliphatic carboxylic acids is 1. The number of carbonyl (C=O) groups excluding carboxylic acids is 1. The van der Waals surface area contributed by atoms with Gasteiger partial charge in [0.25, 0.3) is 0 Å². The van der Waals surface area contributed by atoms with E-state index in [9.17, 15) is 9.59 Å². The molecule has 0 saturated carbocycles. The summed E-state index contributed by atoms with van der Waals surface area (Å²) < 4.78 is 0. The molecular formula is C16H23NO3. The Morgan fingerprint density at radius 1 is 1.15 bits per heavy atom. The second-order valence-electron chi connectivity index (χ2n) is 4.92. The van der Waals surface area contributed by atoms with E-state index in [1.165, 1.54) is 5.56 Å². The normalized spacial score (nSPS) is 11.9. The number of carboxylic acids is 1. The molecule has 1 aromatic rings. The van der Waals surface area contributed by atoms with Gasteiger partial charge in [0, 0.05) is 13.0 Å². The minimum atomic E-state index is -0.858. The van der Waals surface area contributed by atoms with E-state index in [4.69, 9.17) is 5.11 Å². The third-order valence-corrected chi connectivity index (χ3v) is 3.46. The molecule has 0 bridgehead atoms. The lowest BCUT2D eigenvalue weighted by atomic mass is 10.1. The van der Waals surface area contributed by atoms with Crippen LogP contribution in [0.15, 0.2) is 24.3 Å². The van der Waals surface area contributed by atoms with Crippen molar-refractivity contribution in [1.29, 1.82) is 0 Å². The van der Waals surface area contributed by atoms with Gasteiger partial charge in [0.15, 0.2) is 0 Å². The molecule has 1 unspecified atom stereocenters. The van der Waals surface area contributed by atoms with E-state index in [0.29, 0.717) is 19.3 Å². The Balaban J connectivity index is 2.33. The SMILES string of the molecule is CCc1ccc(CCC(=O)NCC(CC)C(=O)O)cc1. The Bertz CT molecular complexity index is 440. The molecule has 1 aromatic carbocycles. The number of carbonyl (C=O) groups is 2. The van der Waals surface area contributed by atoms with Crippen molar-refractivity contribution in [1.82, 2.24) is 5.32 Å². The highest BCUT2D eigenvalue weighted by Gasteiger charge is 2.15. The molecule has 4 nitrogen and oxygen atoms in total. The van der Waals surface area contributed by atoms with Gasteiger partial charge in [-0.05, 0) is 30.4 Å². The van der Waals surface area contributed by atoms with E-state index in [1.54, 1.807) is 6.92 Å². The molecule has 0 heterocycles. The van der Waals surface area contributed by atoms with Crippen LogP contribution in [0.4, 0.5) is 0 Å². The van der Waals surface area contributed by atoms with Gasteiger partial charge >= 0.3 is 5.97 Å². The molecule has 0 fully saturated rings. The number of hydrogen-bond donors (Lipinski definition) is 2. The van der Waals surface area contributed by atoms with Crippen LogP contribution in [-0.4, -0.2) is 23.5 Å². The molecule has 1 amide bonds. The Kier molecular flexibility index (Phi) is 6.77. The average molecular weight is 277 g/mol. The lowest BCUT2D eigenvalue weighted by Gasteiger charge is -2.11. The molecule has 0 aliphatic rings. The fraction of sp³-hybridized carbons (Fsp3) is 0.500. The van der Waals surface area contributed by atoms with Crippen LogP contribution in [0, 0.1) is 5.92 Å². The molecule has 4 heteroatoms. The number of benzene rings is 1. The van der Waals surface area contributed by atoms with Gasteiger partial charge in [-0.25, -0.2) is 0 Å². The molecule has 0 saturated heterocycles. The number of rotatable bonds is 8. The first-order valence-electron chi connectivity index (χ1n) is 7.14. The van der Waals surface area contributed by atoms with Gasteiger partial charge in [-0.2, -0.15) is 0 Å². The number of nitrogens with one attached hydrogen (secondary N) is 1. The molecule has 1 rings (SSSR count). The van der Waals surface area contributed by atoms with Crippen LogP contribution < -0.4 is 5.32 Å². The van der Waals surface area contributed by atoms with Gasteiger partial charge < -0.3 is 10.4 Å². The van der Waals surface area contributed by atoms with Gasteiger partial charge in [0.05, 0.1) is 5.92 Å². The van der Waals surface area contributed by atoms with Gasteiger partial charge in [-0.3, -0.25) is 9.59 Å². The maximum absolute atomic E-state index is 11.7. The van der Waals surface area contributed by atoms with Gasteiger partial charge in [-0.1, -0.05) is 38.1 Å². The van der Waals surface area contributed by atoms with E-state index >= 15 is 0 Å². The summed E-state index contributed by atoms with van der Waals surface area (Å²) in [6.45, 7) is 4.12. The minimum absolute atomic E-state index is 0.0933. The van der Waals surface area contributed by atoms with Crippen molar-refractivity contribution in [2.24, 2.45) is 5.92 Å². The van der Waals surface area contributed by atoms with Crippen molar-refractivity contribution in [2.45, 2.75) is 39.5 Å². The number of carboxylic acid groups (broad SMARTS) is 1. The first-order chi connectivity index (χ1) is 9.56. The van der Waals surface area contributed by atoms with E-state index in [2.05, 4.69) is 24.4 Å². The Labute approximate surface area is 120 Å². The average Bonchev–Trinajstić information content (AvgIpc) is 2.46. The summed E-state index contributed by atoms with van der Waals surface area (Å²) in [4.78, 5) is 22.5. The lowest BCUT2D eigenvalue weighted by molar-refractivity contribution is -0.141. The molecular weight excluding hydrogens is 254 g/mol. The van der Waals surface area contributed by atoms with E-state index in [0.717, 1.165) is 12.0 Å². The second kappa shape index (κ2) is 8.35. The summed E-state index contributed by atoms with van der Waals surface area (Å²) in [5.74, 6) is -1.45. The summed E-state index contributed by atoms with van der Waals surface area (Å²) in [6, 6.07) is 8.23. The molecule has 0 aliphatic heterocycles. The van der Waals surface area contributed by atoms with Crippen LogP contribution >= 0.6 is 0 Å². The van der Waals surface area contributed by atoms with Crippen molar-refractivity contribution in [3.63, 3.8) is 0 Å². The fourth-order valence-electron chi connectivity index (χ4n) is 1.93. The van der Waals surface area contributed by atoms with Crippen LogP contribution in [0.1, 0.15) is 37.8 Å². The zero-order valence-electron chi connectivity index (χ0n) is 12.2. The predicted octanol–water partition coefficient (Wildman–Crippen LogP) is 2.41. The number of amides is 1. The fourth-order valence-corrected chi connectivity index (χ4v) is 1.93. The largest absolute Gasteiger partial charge is 0.481 e. The van der Waals surface area contributed by atoms with Crippen molar-refractivity contribution >= 4 is 11.9 Å². The van der Waals surface area contributed by atoms with Crippen molar-refractivity contribution in [2.75, 3.05) is 6.54 Å². The molecule has 0 radical (unpaired) electrons. The highest BCUT2D eigenvalue weighted by molar-refractivity contribution is 5.77. The zero-order chi connectivity index (χ0) is 15.0. The maximum Gasteiger partial charge on any atom is 0.308 e. The van der Waals surface area contributed by atoms with Gasteiger partial charge in [0.1, 0.15) is 0 Å². The minimum Gasteiger partial charge on any atom is -0.481 e. The third kappa shape index (κ3) is 5.43. The Hall–Kier alpha value is -1.84. The van der Waals surface area contributed by atoms with Crippen LogP contribution in [0.3, 0.4) is 0 Å². The molecule has 110 valence electrons. The molecule has 0 aromatic heterocycles. The summed E-state index contributed by atoms with van der Waals surface area (Å²) in [5.41, 5.74) is 2.41. The van der Waals surface area contributed by atoms with Crippen LogP contribution in [0.25, 0.3) is 0 Å². The zero-order valence-corrected chi connectivity index (χ0v) is 12.2. The van der Waals surface area contributed by atoms with E-state index in [1.807, 2.05) is 12.1 Å². The van der Waals surface area contributed by atoms with Crippen molar-refractivity contribution in [3.05, 3.63) is 35.4 Å². The maximum atomic E-state index is 11.7. The summed E-state index contributed by atoms with van der Waals surface area (Å²) >= 11 is 0. The summed E-state index contributed by atoms with van der Waals surface area (Å²) in [7, 11) is 0. The first-order valence-corrected chi connectivity index (χ1v) is 7.14. The molecule has 0 spiro atoms. The monoisotopic (exact) mass is 277 g/mol. The smallest absolute Gasteiger partial charge is 0.308 e. The number of aryl methyl sites for hydroxylation is 2. The third-order valence-electron chi connectivity index (χ3n) is 3.46. The summed E-state index contributed by atoms with van der Waals surface area (Å²) in [6.07, 6.45) is 2.60. The molecule has 1 atom stereocenters.